The lowest BCUT2D eigenvalue weighted by Gasteiger charge is -2.08. The molecule has 4 N–H and O–H groups in total. The first kappa shape index (κ1) is 20.2. The van der Waals surface area contributed by atoms with E-state index in [9.17, 15) is 13.2 Å². The molecule has 0 radical (unpaired) electrons. The molecule has 0 unspecified atom stereocenters. The summed E-state index contributed by atoms with van der Waals surface area (Å²) in [5, 5.41) is 7.47. The van der Waals surface area contributed by atoms with Crippen LogP contribution in [-0.2, 0) is 28.7 Å². The summed E-state index contributed by atoms with van der Waals surface area (Å²) in [5.74, 6) is -0.0244. The number of benzene rings is 2. The van der Waals surface area contributed by atoms with Gasteiger partial charge in [-0.25, -0.2) is 13.2 Å². The summed E-state index contributed by atoms with van der Waals surface area (Å²) < 4.78 is 25.3. The molecule has 2 amide bonds. The summed E-state index contributed by atoms with van der Waals surface area (Å²) in [4.78, 5) is 11.7. The van der Waals surface area contributed by atoms with E-state index in [0.717, 1.165) is 18.7 Å². The van der Waals surface area contributed by atoms with Crippen LogP contribution in [0.4, 0.5) is 10.5 Å². The summed E-state index contributed by atoms with van der Waals surface area (Å²) >= 11 is 0. The number of carbonyl (C=O) groups is 1. The quantitative estimate of drug-likeness (QED) is 0.568. The predicted octanol–water partition coefficient (Wildman–Crippen LogP) is -1.62. The first-order valence-electron chi connectivity index (χ1n) is 8.28. The van der Waals surface area contributed by atoms with Gasteiger partial charge in [-0.2, -0.15) is 0 Å². The maximum absolute atomic E-state index is 12.6. The number of nitrogens with two attached hydrogens (primary N) is 1. The fourth-order valence-electron chi connectivity index (χ4n) is 2.93. The number of urea groups is 1. The first-order chi connectivity index (χ1) is 12.0. The van der Waals surface area contributed by atoms with Crippen LogP contribution >= 0.6 is 0 Å². The maximum Gasteiger partial charge on any atom is 0.319 e. The van der Waals surface area contributed by atoms with E-state index in [0.29, 0.717) is 12.2 Å². The molecule has 0 aliphatic carbocycles. The molecule has 1 heterocycles. The van der Waals surface area contributed by atoms with Gasteiger partial charge >= 0.3 is 6.03 Å². The van der Waals surface area contributed by atoms with Crippen LogP contribution in [0.3, 0.4) is 0 Å². The highest BCUT2D eigenvalue weighted by atomic mass is 35.5. The Hall–Kier alpha value is -2.09. The zero-order chi connectivity index (χ0) is 17.9. The molecule has 1 aliphatic heterocycles. The third-order valence-electron chi connectivity index (χ3n) is 4.16. The van der Waals surface area contributed by atoms with Crippen molar-refractivity contribution >= 4 is 21.6 Å². The molecular weight excluding hydrogens is 374 g/mol. The van der Waals surface area contributed by atoms with Crippen LogP contribution in [-0.4, -0.2) is 21.0 Å². The van der Waals surface area contributed by atoms with Gasteiger partial charge in [0.1, 0.15) is 13.1 Å². The van der Waals surface area contributed by atoms with Crippen LogP contribution in [0.15, 0.2) is 47.4 Å². The largest absolute Gasteiger partial charge is 1.00 e. The summed E-state index contributed by atoms with van der Waals surface area (Å²) in [7, 11) is -3.42. The predicted molar refractivity (Wildman–Crippen MR) is 95.8 cm³/mol. The van der Waals surface area contributed by atoms with Crippen molar-refractivity contribution in [1.82, 2.24) is 5.32 Å². The number of amides is 2. The van der Waals surface area contributed by atoms with Crippen LogP contribution in [0, 0.1) is 0 Å². The average Bonchev–Trinajstić information content (AvgIpc) is 3.03. The molecule has 8 heteroatoms. The Balaban J connectivity index is 0.00000243. The number of halogens is 1. The smallest absolute Gasteiger partial charge is 0.319 e. The molecule has 0 aromatic heterocycles. The van der Waals surface area contributed by atoms with Crippen LogP contribution < -0.4 is 28.4 Å². The average molecular weight is 396 g/mol. The number of sulfone groups is 1. The SMILES string of the molecule is CCNC(=O)Nc1ccc(S(=O)(=O)Cc2ccc3c(c2)C[NH2+]C3)cc1.[Cl-]. The van der Waals surface area contributed by atoms with E-state index in [1.165, 1.54) is 23.3 Å². The first-order valence-corrected chi connectivity index (χ1v) is 9.93. The molecule has 0 fully saturated rings. The molecule has 140 valence electrons. The number of rotatable bonds is 5. The molecule has 2 aromatic carbocycles. The lowest BCUT2D eigenvalue weighted by molar-refractivity contribution is -0.676. The summed E-state index contributed by atoms with van der Waals surface area (Å²) in [6.07, 6.45) is 0. The fourth-order valence-corrected chi connectivity index (χ4v) is 4.26. The molecule has 26 heavy (non-hydrogen) atoms. The van der Waals surface area contributed by atoms with Crippen LogP contribution in [0.5, 0.6) is 0 Å². The van der Waals surface area contributed by atoms with Crippen molar-refractivity contribution in [1.29, 1.82) is 0 Å². The van der Waals surface area contributed by atoms with Crippen molar-refractivity contribution in [2.24, 2.45) is 0 Å². The molecular formula is C18H22ClN3O3S. The number of anilines is 1. The minimum atomic E-state index is -3.42. The minimum Gasteiger partial charge on any atom is -1.00 e. The highest BCUT2D eigenvalue weighted by Gasteiger charge is 2.19. The Labute approximate surface area is 159 Å². The molecule has 0 saturated heterocycles. The van der Waals surface area contributed by atoms with Crippen molar-refractivity contribution in [3.63, 3.8) is 0 Å². The van der Waals surface area contributed by atoms with E-state index in [-0.39, 0.29) is 29.1 Å². The second kappa shape index (κ2) is 8.53. The number of hydrogen-bond acceptors (Lipinski definition) is 3. The highest BCUT2D eigenvalue weighted by Crippen LogP contribution is 2.21. The number of fused-ring (bicyclic) bond motifs is 1. The fraction of sp³-hybridized carbons (Fsp3) is 0.278. The summed E-state index contributed by atoms with van der Waals surface area (Å²) in [5.41, 5.74) is 3.85. The molecule has 0 atom stereocenters. The standard InChI is InChI=1S/C18H21N3O3S.ClH/c1-2-20-18(22)21-16-5-7-17(8-6-16)25(23,24)12-13-3-4-14-10-19-11-15(14)9-13;/h3-9,19H,2,10-12H2,1H3,(H2,20,21,22);1H. The van der Waals surface area contributed by atoms with Gasteiger partial charge in [-0.15, -0.1) is 0 Å². The number of nitrogens with one attached hydrogen (secondary N) is 2. The zero-order valence-electron chi connectivity index (χ0n) is 14.5. The summed E-state index contributed by atoms with van der Waals surface area (Å²) in [6, 6.07) is 11.8. The molecule has 3 rings (SSSR count). The van der Waals surface area contributed by atoms with Gasteiger partial charge in [0.25, 0.3) is 0 Å². The van der Waals surface area contributed by atoms with Gasteiger partial charge in [0.15, 0.2) is 9.84 Å². The van der Waals surface area contributed by atoms with E-state index >= 15 is 0 Å². The lowest BCUT2D eigenvalue weighted by atomic mass is 10.1. The van der Waals surface area contributed by atoms with Gasteiger partial charge in [-0.05, 0) is 42.8 Å². The van der Waals surface area contributed by atoms with Crippen LogP contribution in [0.25, 0.3) is 0 Å². The van der Waals surface area contributed by atoms with E-state index in [2.05, 4.69) is 16.0 Å². The zero-order valence-corrected chi connectivity index (χ0v) is 16.0. The Morgan fingerprint density at radius 3 is 2.46 bits per heavy atom. The Morgan fingerprint density at radius 2 is 1.77 bits per heavy atom. The third-order valence-corrected chi connectivity index (χ3v) is 5.87. The number of quaternary nitrogens is 1. The van der Waals surface area contributed by atoms with Crippen molar-refractivity contribution in [3.8, 4) is 0 Å². The normalized spacial score (nSPS) is 12.8. The van der Waals surface area contributed by atoms with Gasteiger partial charge in [0.2, 0.25) is 0 Å². The van der Waals surface area contributed by atoms with Crippen molar-refractivity contribution in [3.05, 3.63) is 59.2 Å². The van der Waals surface area contributed by atoms with Gasteiger partial charge < -0.3 is 28.4 Å². The molecule has 0 saturated carbocycles. The van der Waals surface area contributed by atoms with Gasteiger partial charge in [-0.1, -0.05) is 12.1 Å². The highest BCUT2D eigenvalue weighted by molar-refractivity contribution is 7.90. The molecule has 0 spiro atoms. The van der Waals surface area contributed by atoms with E-state index in [4.69, 9.17) is 0 Å². The lowest BCUT2D eigenvalue weighted by Crippen LogP contribution is -3.00. The number of carbonyl (C=O) groups excluding carboxylic acids is 1. The summed E-state index contributed by atoms with van der Waals surface area (Å²) in [6.45, 7) is 4.22. The topological polar surface area (TPSA) is 91.9 Å². The van der Waals surface area contributed by atoms with Gasteiger partial charge in [-0.3, -0.25) is 0 Å². The van der Waals surface area contributed by atoms with E-state index in [1.807, 2.05) is 25.1 Å². The molecule has 0 bridgehead atoms. The maximum atomic E-state index is 12.6. The molecule has 1 aliphatic rings. The Morgan fingerprint density at radius 1 is 1.08 bits per heavy atom. The van der Waals surface area contributed by atoms with Gasteiger partial charge in [0, 0.05) is 23.4 Å². The Bertz CT molecular complexity index is 883. The minimum absolute atomic E-state index is 0. The molecule has 6 nitrogen and oxygen atoms in total. The second-order valence-corrected chi connectivity index (χ2v) is 8.06. The second-order valence-electron chi connectivity index (χ2n) is 6.07. The van der Waals surface area contributed by atoms with Crippen molar-refractivity contribution in [2.75, 3.05) is 11.9 Å². The van der Waals surface area contributed by atoms with Crippen molar-refractivity contribution < 1.29 is 30.9 Å². The third kappa shape index (κ3) is 4.75. The molecule has 2 aromatic rings. The number of hydrogen-bond donors (Lipinski definition) is 3. The van der Waals surface area contributed by atoms with Crippen LogP contribution in [0.2, 0.25) is 0 Å². The Kier molecular flexibility index (Phi) is 6.63. The van der Waals surface area contributed by atoms with E-state index < -0.39 is 9.84 Å². The van der Waals surface area contributed by atoms with Crippen molar-refractivity contribution in [2.45, 2.75) is 30.7 Å². The van der Waals surface area contributed by atoms with E-state index in [1.54, 1.807) is 12.1 Å². The van der Waals surface area contributed by atoms with Crippen LogP contribution in [0.1, 0.15) is 23.6 Å². The van der Waals surface area contributed by atoms with Gasteiger partial charge in [0.05, 0.1) is 10.6 Å². The monoisotopic (exact) mass is 395 g/mol.